The first-order valence-corrected chi connectivity index (χ1v) is 6.09. The minimum atomic E-state index is -0.606. The Bertz CT molecular complexity index is 722. The van der Waals surface area contributed by atoms with Gasteiger partial charge in [0.2, 0.25) is 11.6 Å². The molecule has 0 amide bonds. The Morgan fingerprint density at radius 2 is 2.19 bits per heavy atom. The maximum absolute atomic E-state index is 11.0. The van der Waals surface area contributed by atoms with E-state index in [1.54, 1.807) is 12.1 Å². The first kappa shape index (κ1) is 14.4. The molecule has 1 heterocycles. The van der Waals surface area contributed by atoms with Gasteiger partial charge in [0.1, 0.15) is 0 Å². The lowest BCUT2D eigenvalue weighted by Crippen LogP contribution is -2.05. The van der Waals surface area contributed by atoms with Gasteiger partial charge in [-0.2, -0.15) is 5.26 Å². The number of benzene rings is 1. The second kappa shape index (κ2) is 5.98. The number of hydrogen-bond acceptors (Lipinski definition) is 6. The summed E-state index contributed by atoms with van der Waals surface area (Å²) in [4.78, 5) is 14.4. The van der Waals surface area contributed by atoms with E-state index in [-0.39, 0.29) is 28.9 Å². The van der Waals surface area contributed by atoms with Gasteiger partial charge in [0.15, 0.2) is 0 Å². The fourth-order valence-electron chi connectivity index (χ4n) is 1.69. The Hall–Kier alpha value is -2.98. The van der Waals surface area contributed by atoms with Gasteiger partial charge in [-0.15, -0.1) is 0 Å². The molecule has 0 radical (unpaired) electrons. The van der Waals surface area contributed by atoms with Crippen LogP contribution in [0, 0.1) is 21.4 Å². The standard InChI is InChI=1S/C14H12N4O3/c1-9(16)11-4-5-17-14(7-11)21-13-3-2-10(8-15)6-12(13)18(19)20/h2-7,9H,16H2,1H3. The van der Waals surface area contributed by atoms with Crippen LogP contribution in [0.25, 0.3) is 0 Å². The molecular formula is C14H12N4O3. The zero-order valence-corrected chi connectivity index (χ0v) is 11.2. The van der Waals surface area contributed by atoms with E-state index in [9.17, 15) is 10.1 Å². The molecular weight excluding hydrogens is 272 g/mol. The van der Waals surface area contributed by atoms with Crippen LogP contribution in [0.2, 0.25) is 0 Å². The van der Waals surface area contributed by atoms with Crippen molar-refractivity contribution in [2.24, 2.45) is 5.73 Å². The molecule has 7 heteroatoms. The topological polar surface area (TPSA) is 115 Å². The summed E-state index contributed by atoms with van der Waals surface area (Å²) in [7, 11) is 0. The number of nitro benzene ring substituents is 1. The number of ether oxygens (including phenoxy) is 1. The van der Waals surface area contributed by atoms with Gasteiger partial charge in [-0.1, -0.05) is 0 Å². The van der Waals surface area contributed by atoms with Gasteiger partial charge in [-0.3, -0.25) is 10.1 Å². The van der Waals surface area contributed by atoms with Crippen molar-refractivity contribution < 1.29 is 9.66 Å². The number of nitrogens with zero attached hydrogens (tertiary/aromatic N) is 3. The summed E-state index contributed by atoms with van der Waals surface area (Å²) in [6.07, 6.45) is 1.52. The van der Waals surface area contributed by atoms with Gasteiger partial charge < -0.3 is 10.5 Å². The summed E-state index contributed by atoms with van der Waals surface area (Å²) in [5.41, 5.74) is 6.46. The van der Waals surface area contributed by atoms with Crippen molar-refractivity contribution in [3.63, 3.8) is 0 Å². The average Bonchev–Trinajstić information content (AvgIpc) is 2.47. The SMILES string of the molecule is CC(N)c1ccnc(Oc2ccc(C#N)cc2[N+](=O)[O-])c1. The van der Waals surface area contributed by atoms with Crippen LogP contribution in [0.1, 0.15) is 24.1 Å². The van der Waals surface area contributed by atoms with Crippen LogP contribution in [0.3, 0.4) is 0 Å². The maximum atomic E-state index is 11.0. The van der Waals surface area contributed by atoms with E-state index in [2.05, 4.69) is 4.98 Å². The zero-order chi connectivity index (χ0) is 15.4. The molecule has 2 aromatic rings. The van der Waals surface area contributed by atoms with Gasteiger partial charge in [-0.25, -0.2) is 4.98 Å². The number of nitriles is 1. The van der Waals surface area contributed by atoms with E-state index >= 15 is 0 Å². The number of rotatable bonds is 4. The van der Waals surface area contributed by atoms with Crippen molar-refractivity contribution in [2.45, 2.75) is 13.0 Å². The number of nitro groups is 1. The molecule has 0 fully saturated rings. The van der Waals surface area contributed by atoms with E-state index in [1.807, 2.05) is 13.0 Å². The smallest absolute Gasteiger partial charge is 0.312 e. The highest BCUT2D eigenvalue weighted by Crippen LogP contribution is 2.31. The molecule has 0 saturated heterocycles. The minimum absolute atomic E-state index is 0.0216. The van der Waals surface area contributed by atoms with Crippen molar-refractivity contribution in [3.05, 3.63) is 57.8 Å². The molecule has 1 unspecified atom stereocenters. The van der Waals surface area contributed by atoms with Gasteiger partial charge in [0.05, 0.1) is 16.6 Å². The van der Waals surface area contributed by atoms with Gasteiger partial charge in [0, 0.05) is 24.4 Å². The molecule has 2 N–H and O–H groups in total. The minimum Gasteiger partial charge on any atom is -0.432 e. The van der Waals surface area contributed by atoms with Crippen LogP contribution in [-0.4, -0.2) is 9.91 Å². The highest BCUT2D eigenvalue weighted by molar-refractivity contribution is 5.52. The Morgan fingerprint density at radius 3 is 2.81 bits per heavy atom. The average molecular weight is 284 g/mol. The highest BCUT2D eigenvalue weighted by atomic mass is 16.6. The molecule has 1 atom stereocenters. The predicted octanol–water partition coefficient (Wildman–Crippen LogP) is 2.67. The summed E-state index contributed by atoms with van der Waals surface area (Å²) in [5, 5.41) is 19.8. The summed E-state index contributed by atoms with van der Waals surface area (Å²) in [5.74, 6) is 0.228. The Balaban J connectivity index is 2.38. The molecule has 7 nitrogen and oxygen atoms in total. The van der Waals surface area contributed by atoms with Crippen LogP contribution in [0.15, 0.2) is 36.5 Å². The second-order valence-corrected chi connectivity index (χ2v) is 4.37. The summed E-state index contributed by atoms with van der Waals surface area (Å²) in [6.45, 7) is 1.81. The normalized spacial score (nSPS) is 11.5. The fraction of sp³-hybridized carbons (Fsp3) is 0.143. The monoisotopic (exact) mass is 284 g/mol. The van der Waals surface area contributed by atoms with E-state index in [0.29, 0.717) is 0 Å². The van der Waals surface area contributed by atoms with E-state index < -0.39 is 4.92 Å². The van der Waals surface area contributed by atoms with Crippen molar-refractivity contribution in [1.29, 1.82) is 5.26 Å². The molecule has 0 spiro atoms. The van der Waals surface area contributed by atoms with Crippen LogP contribution in [0.5, 0.6) is 11.6 Å². The molecule has 0 bridgehead atoms. The van der Waals surface area contributed by atoms with Crippen molar-refractivity contribution >= 4 is 5.69 Å². The van der Waals surface area contributed by atoms with E-state index in [4.69, 9.17) is 15.7 Å². The lowest BCUT2D eigenvalue weighted by Gasteiger charge is -2.09. The van der Waals surface area contributed by atoms with Crippen molar-refractivity contribution in [2.75, 3.05) is 0 Å². The molecule has 1 aromatic carbocycles. The first-order valence-electron chi connectivity index (χ1n) is 6.09. The Labute approximate surface area is 120 Å². The largest absolute Gasteiger partial charge is 0.432 e. The van der Waals surface area contributed by atoms with Crippen LogP contribution in [-0.2, 0) is 0 Å². The van der Waals surface area contributed by atoms with E-state index in [1.165, 1.54) is 18.3 Å². The molecule has 21 heavy (non-hydrogen) atoms. The molecule has 2 rings (SSSR count). The molecule has 0 saturated carbocycles. The number of aromatic nitrogens is 1. The van der Waals surface area contributed by atoms with Crippen LogP contribution >= 0.6 is 0 Å². The summed E-state index contributed by atoms with van der Waals surface area (Å²) in [6, 6.07) is 8.97. The van der Waals surface area contributed by atoms with E-state index in [0.717, 1.165) is 11.6 Å². The predicted molar refractivity (Wildman–Crippen MR) is 74.7 cm³/mol. The molecule has 1 aromatic heterocycles. The third-order valence-electron chi connectivity index (χ3n) is 2.78. The lowest BCUT2D eigenvalue weighted by molar-refractivity contribution is -0.385. The first-order chi connectivity index (χ1) is 10.0. The second-order valence-electron chi connectivity index (χ2n) is 4.37. The van der Waals surface area contributed by atoms with Gasteiger partial charge in [-0.05, 0) is 30.7 Å². The Morgan fingerprint density at radius 1 is 1.43 bits per heavy atom. The lowest BCUT2D eigenvalue weighted by atomic mass is 10.1. The molecule has 106 valence electrons. The number of pyridine rings is 1. The van der Waals surface area contributed by atoms with Crippen molar-refractivity contribution in [3.8, 4) is 17.7 Å². The third-order valence-corrected chi connectivity index (χ3v) is 2.78. The van der Waals surface area contributed by atoms with Gasteiger partial charge >= 0.3 is 5.69 Å². The number of nitrogens with two attached hydrogens (primary N) is 1. The van der Waals surface area contributed by atoms with Gasteiger partial charge in [0.25, 0.3) is 0 Å². The summed E-state index contributed by atoms with van der Waals surface area (Å²) < 4.78 is 5.44. The van der Waals surface area contributed by atoms with Crippen molar-refractivity contribution in [1.82, 2.24) is 4.98 Å². The molecule has 0 aliphatic rings. The number of hydrogen-bond donors (Lipinski definition) is 1. The molecule has 0 aliphatic heterocycles. The summed E-state index contributed by atoms with van der Waals surface area (Å²) >= 11 is 0. The van der Waals surface area contributed by atoms with Crippen LogP contribution < -0.4 is 10.5 Å². The highest BCUT2D eigenvalue weighted by Gasteiger charge is 2.17. The quantitative estimate of drug-likeness (QED) is 0.681. The zero-order valence-electron chi connectivity index (χ0n) is 11.2. The fourth-order valence-corrected chi connectivity index (χ4v) is 1.69. The Kier molecular flexibility index (Phi) is 4.11. The molecule has 0 aliphatic carbocycles. The van der Waals surface area contributed by atoms with Crippen LogP contribution in [0.4, 0.5) is 5.69 Å². The third kappa shape index (κ3) is 3.32. The maximum Gasteiger partial charge on any atom is 0.312 e.